The third-order valence-corrected chi connectivity index (χ3v) is 4.43. The van der Waals surface area contributed by atoms with Gasteiger partial charge in [0, 0.05) is 17.3 Å². The van der Waals surface area contributed by atoms with Gasteiger partial charge in [-0.05, 0) is 66.3 Å². The van der Waals surface area contributed by atoms with Crippen LogP contribution in [0.5, 0.6) is 5.75 Å². The summed E-state index contributed by atoms with van der Waals surface area (Å²) in [5.41, 5.74) is 1.98. The van der Waals surface area contributed by atoms with Crippen LogP contribution in [0.2, 0.25) is 5.02 Å². The van der Waals surface area contributed by atoms with Gasteiger partial charge in [-0.25, -0.2) is 0 Å². The molecule has 0 aliphatic heterocycles. The number of thiocarbonyl (C=S) groups is 1. The molecule has 1 aromatic heterocycles. The van der Waals surface area contributed by atoms with Gasteiger partial charge in [-0.1, -0.05) is 23.7 Å². The van der Waals surface area contributed by atoms with Crippen molar-refractivity contribution < 1.29 is 9.15 Å². The summed E-state index contributed by atoms with van der Waals surface area (Å²) in [6, 6.07) is 19.2. The molecule has 0 radical (unpaired) electrons. The van der Waals surface area contributed by atoms with E-state index in [2.05, 4.69) is 5.32 Å². The van der Waals surface area contributed by atoms with Crippen LogP contribution in [0.15, 0.2) is 71.3 Å². The molecule has 0 bridgehead atoms. The molecule has 3 rings (SSSR count). The number of benzene rings is 2. The molecule has 26 heavy (non-hydrogen) atoms. The second kappa shape index (κ2) is 8.74. The molecule has 0 aliphatic rings. The lowest BCUT2D eigenvalue weighted by Crippen LogP contribution is -2.33. The molecule has 0 saturated heterocycles. The van der Waals surface area contributed by atoms with Crippen LogP contribution in [-0.2, 0) is 13.1 Å². The van der Waals surface area contributed by atoms with Gasteiger partial charge in [0.1, 0.15) is 11.5 Å². The smallest absolute Gasteiger partial charge is 0.174 e. The minimum absolute atomic E-state index is 0.559. The molecule has 1 N–H and O–H groups in total. The van der Waals surface area contributed by atoms with Crippen LogP contribution in [0, 0.1) is 0 Å². The van der Waals surface area contributed by atoms with Gasteiger partial charge in [-0.3, -0.25) is 0 Å². The summed E-state index contributed by atoms with van der Waals surface area (Å²) >= 11 is 11.6. The maximum Gasteiger partial charge on any atom is 0.174 e. The lowest BCUT2D eigenvalue weighted by atomic mass is 10.2. The van der Waals surface area contributed by atoms with E-state index in [1.54, 1.807) is 13.4 Å². The number of halogens is 1. The SMILES string of the molecule is COc1cccc(CN(Cc2ccco2)C(=S)Nc2ccc(Cl)cc2)c1. The van der Waals surface area contributed by atoms with E-state index >= 15 is 0 Å². The van der Waals surface area contributed by atoms with Gasteiger partial charge in [0.2, 0.25) is 0 Å². The molecule has 0 amide bonds. The molecule has 3 aromatic rings. The van der Waals surface area contributed by atoms with Gasteiger partial charge in [0.05, 0.1) is 19.9 Å². The number of methoxy groups -OCH3 is 1. The predicted octanol–water partition coefficient (Wildman–Crippen LogP) is 5.34. The topological polar surface area (TPSA) is 37.6 Å². The number of hydrogen-bond donors (Lipinski definition) is 1. The van der Waals surface area contributed by atoms with Crippen molar-refractivity contribution in [3.8, 4) is 5.75 Å². The summed E-state index contributed by atoms with van der Waals surface area (Å²) in [6.07, 6.45) is 1.66. The van der Waals surface area contributed by atoms with Crippen LogP contribution in [0.25, 0.3) is 0 Å². The van der Waals surface area contributed by atoms with E-state index in [4.69, 9.17) is 33.0 Å². The quantitative estimate of drug-likeness (QED) is 0.579. The zero-order chi connectivity index (χ0) is 18.4. The normalized spacial score (nSPS) is 10.4. The van der Waals surface area contributed by atoms with E-state index in [1.165, 1.54) is 0 Å². The van der Waals surface area contributed by atoms with Crippen molar-refractivity contribution in [1.82, 2.24) is 4.90 Å². The predicted molar refractivity (Wildman–Crippen MR) is 109 cm³/mol. The summed E-state index contributed by atoms with van der Waals surface area (Å²) in [4.78, 5) is 2.04. The summed E-state index contributed by atoms with van der Waals surface area (Å²) in [5.74, 6) is 1.66. The van der Waals surface area contributed by atoms with E-state index in [9.17, 15) is 0 Å². The first-order valence-electron chi connectivity index (χ1n) is 8.11. The average molecular weight is 387 g/mol. The second-order valence-electron chi connectivity index (χ2n) is 5.72. The van der Waals surface area contributed by atoms with Crippen molar-refractivity contribution in [1.29, 1.82) is 0 Å². The Kier molecular flexibility index (Phi) is 6.15. The van der Waals surface area contributed by atoms with Crippen LogP contribution in [0.1, 0.15) is 11.3 Å². The summed E-state index contributed by atoms with van der Waals surface area (Å²) in [5, 5.41) is 4.55. The molecule has 0 fully saturated rings. The van der Waals surface area contributed by atoms with Crippen LogP contribution in [0.4, 0.5) is 5.69 Å². The number of nitrogens with zero attached hydrogens (tertiary/aromatic N) is 1. The molecule has 4 nitrogen and oxygen atoms in total. The second-order valence-corrected chi connectivity index (χ2v) is 6.55. The monoisotopic (exact) mass is 386 g/mol. The maximum atomic E-state index is 5.95. The van der Waals surface area contributed by atoms with Gasteiger partial charge in [0.25, 0.3) is 0 Å². The highest BCUT2D eigenvalue weighted by Crippen LogP contribution is 2.18. The van der Waals surface area contributed by atoms with E-state index in [1.807, 2.05) is 65.6 Å². The van der Waals surface area contributed by atoms with Crippen molar-refractivity contribution in [2.75, 3.05) is 12.4 Å². The Morgan fingerprint density at radius 2 is 1.92 bits per heavy atom. The van der Waals surface area contributed by atoms with Gasteiger partial charge >= 0.3 is 0 Å². The number of anilines is 1. The minimum atomic E-state index is 0.559. The van der Waals surface area contributed by atoms with Crippen molar-refractivity contribution in [3.63, 3.8) is 0 Å². The van der Waals surface area contributed by atoms with E-state index in [0.717, 1.165) is 22.8 Å². The zero-order valence-electron chi connectivity index (χ0n) is 14.3. The van der Waals surface area contributed by atoms with Crippen molar-refractivity contribution in [2.24, 2.45) is 0 Å². The molecule has 1 heterocycles. The van der Waals surface area contributed by atoms with Crippen LogP contribution >= 0.6 is 23.8 Å². The number of furan rings is 1. The Balaban J connectivity index is 1.77. The Hall–Kier alpha value is -2.50. The Bertz CT molecular complexity index is 851. The van der Waals surface area contributed by atoms with Gasteiger partial charge in [-0.2, -0.15) is 0 Å². The molecule has 0 atom stereocenters. The first-order valence-corrected chi connectivity index (χ1v) is 8.89. The summed E-state index contributed by atoms with van der Waals surface area (Å²) in [6.45, 7) is 1.18. The fraction of sp³-hybridized carbons (Fsp3) is 0.150. The largest absolute Gasteiger partial charge is 0.497 e. The Morgan fingerprint density at radius 3 is 2.62 bits per heavy atom. The molecular weight excluding hydrogens is 368 g/mol. The first-order chi connectivity index (χ1) is 12.6. The van der Waals surface area contributed by atoms with Gasteiger partial charge in [-0.15, -0.1) is 0 Å². The third kappa shape index (κ3) is 5.00. The summed E-state index contributed by atoms with van der Waals surface area (Å²) < 4.78 is 10.8. The van der Waals surface area contributed by atoms with E-state index in [-0.39, 0.29) is 0 Å². The number of rotatable bonds is 6. The molecule has 0 aliphatic carbocycles. The van der Waals surface area contributed by atoms with Crippen molar-refractivity contribution in [3.05, 3.63) is 83.3 Å². The average Bonchev–Trinajstić information content (AvgIpc) is 3.16. The van der Waals surface area contributed by atoms with Gasteiger partial charge in [0.15, 0.2) is 5.11 Å². The first kappa shape index (κ1) is 18.3. The standard InChI is InChI=1S/C20H19ClN2O2S/c1-24-18-5-2-4-15(12-18)13-23(14-19-6-3-11-25-19)20(26)22-17-9-7-16(21)8-10-17/h2-12H,13-14H2,1H3,(H,22,26). The van der Waals surface area contributed by atoms with Crippen molar-refractivity contribution in [2.45, 2.75) is 13.1 Å². The number of hydrogen-bond acceptors (Lipinski definition) is 3. The molecule has 6 heteroatoms. The molecule has 2 aromatic carbocycles. The summed E-state index contributed by atoms with van der Waals surface area (Å²) in [7, 11) is 1.66. The maximum absolute atomic E-state index is 5.95. The minimum Gasteiger partial charge on any atom is -0.497 e. The van der Waals surface area contributed by atoms with E-state index < -0.39 is 0 Å². The molecule has 134 valence electrons. The molecular formula is C20H19ClN2O2S. The molecule has 0 unspecified atom stereocenters. The lowest BCUT2D eigenvalue weighted by molar-refractivity contribution is 0.359. The Labute approximate surface area is 163 Å². The Morgan fingerprint density at radius 1 is 1.12 bits per heavy atom. The fourth-order valence-electron chi connectivity index (χ4n) is 2.52. The highest BCUT2D eigenvalue weighted by atomic mass is 35.5. The molecule has 0 spiro atoms. The third-order valence-electron chi connectivity index (χ3n) is 3.82. The number of nitrogens with one attached hydrogen (secondary N) is 1. The number of ether oxygens (including phenoxy) is 1. The fourth-order valence-corrected chi connectivity index (χ4v) is 2.89. The van der Waals surface area contributed by atoms with Crippen LogP contribution in [-0.4, -0.2) is 17.1 Å². The highest BCUT2D eigenvalue weighted by molar-refractivity contribution is 7.80. The van der Waals surface area contributed by atoms with Crippen LogP contribution < -0.4 is 10.1 Å². The van der Waals surface area contributed by atoms with Crippen molar-refractivity contribution >= 4 is 34.6 Å². The van der Waals surface area contributed by atoms with E-state index in [0.29, 0.717) is 23.2 Å². The lowest BCUT2D eigenvalue weighted by Gasteiger charge is -2.25. The zero-order valence-corrected chi connectivity index (χ0v) is 15.9. The molecule has 0 saturated carbocycles. The van der Waals surface area contributed by atoms with Crippen LogP contribution in [0.3, 0.4) is 0 Å². The highest BCUT2D eigenvalue weighted by Gasteiger charge is 2.13. The van der Waals surface area contributed by atoms with Gasteiger partial charge < -0.3 is 19.4 Å².